The molecule has 0 saturated carbocycles. The molecule has 2 rings (SSSR count). The third kappa shape index (κ3) is 2.51. The molecule has 0 aliphatic rings. The number of allylic oxidation sites excluding steroid dienone is 1. The molecule has 2 aromatic rings. The second-order valence-electron chi connectivity index (χ2n) is 3.53. The van der Waals surface area contributed by atoms with Gasteiger partial charge in [0.1, 0.15) is 0 Å². The normalized spacial score (nSPS) is 10.0. The van der Waals surface area contributed by atoms with Crippen LogP contribution in [-0.4, -0.2) is 9.55 Å². The van der Waals surface area contributed by atoms with Gasteiger partial charge in [-0.05, 0) is 5.56 Å². The topological polar surface area (TPSA) is 29.9 Å². The summed E-state index contributed by atoms with van der Waals surface area (Å²) in [4.78, 5) is 4.25. The van der Waals surface area contributed by atoms with Crippen LogP contribution in [0.2, 0.25) is 0 Å². The van der Waals surface area contributed by atoms with Gasteiger partial charge in [0.25, 0.3) is 0 Å². The molecule has 0 unspecified atom stereocenters. The second-order valence-corrected chi connectivity index (χ2v) is 3.53. The summed E-state index contributed by atoms with van der Waals surface area (Å²) >= 11 is 0. The molecule has 16 heavy (non-hydrogen) atoms. The maximum Gasteiger partial charge on any atom is 0.203 e. The van der Waals surface area contributed by atoms with E-state index in [4.69, 9.17) is 0 Å². The summed E-state index contributed by atoms with van der Waals surface area (Å²) in [6.45, 7) is 5.28. The van der Waals surface area contributed by atoms with Crippen LogP contribution >= 0.6 is 0 Å². The van der Waals surface area contributed by atoms with Crippen molar-refractivity contribution in [2.75, 3.05) is 5.32 Å². The SMILES string of the molecule is C=CCn1ccnc1NCc1ccccc1. The summed E-state index contributed by atoms with van der Waals surface area (Å²) in [6, 6.07) is 10.3. The van der Waals surface area contributed by atoms with E-state index < -0.39 is 0 Å². The summed E-state index contributed by atoms with van der Waals surface area (Å²) in [5, 5.41) is 3.30. The Morgan fingerprint density at radius 1 is 1.31 bits per heavy atom. The van der Waals surface area contributed by atoms with Crippen LogP contribution in [0.3, 0.4) is 0 Å². The van der Waals surface area contributed by atoms with Gasteiger partial charge in [0.2, 0.25) is 5.95 Å². The van der Waals surface area contributed by atoms with E-state index in [0.717, 1.165) is 19.0 Å². The first-order chi connectivity index (χ1) is 7.90. The molecule has 1 aromatic heterocycles. The van der Waals surface area contributed by atoms with Gasteiger partial charge in [-0.2, -0.15) is 0 Å². The Morgan fingerprint density at radius 2 is 2.12 bits per heavy atom. The first-order valence-electron chi connectivity index (χ1n) is 5.30. The van der Waals surface area contributed by atoms with Crippen molar-refractivity contribution in [1.29, 1.82) is 0 Å². The number of anilines is 1. The monoisotopic (exact) mass is 213 g/mol. The van der Waals surface area contributed by atoms with Gasteiger partial charge >= 0.3 is 0 Å². The van der Waals surface area contributed by atoms with E-state index in [-0.39, 0.29) is 0 Å². The van der Waals surface area contributed by atoms with Crippen LogP contribution in [-0.2, 0) is 13.1 Å². The number of hydrogen-bond acceptors (Lipinski definition) is 2. The third-order valence-corrected chi connectivity index (χ3v) is 2.33. The Morgan fingerprint density at radius 3 is 2.88 bits per heavy atom. The number of benzene rings is 1. The molecule has 0 saturated heterocycles. The van der Waals surface area contributed by atoms with E-state index in [0.29, 0.717) is 0 Å². The Labute approximate surface area is 95.4 Å². The fraction of sp³-hybridized carbons (Fsp3) is 0.154. The van der Waals surface area contributed by atoms with Crippen molar-refractivity contribution in [3.8, 4) is 0 Å². The zero-order valence-electron chi connectivity index (χ0n) is 9.13. The quantitative estimate of drug-likeness (QED) is 0.774. The number of nitrogens with one attached hydrogen (secondary N) is 1. The van der Waals surface area contributed by atoms with Gasteiger partial charge in [0.05, 0.1) is 0 Å². The predicted molar refractivity (Wildman–Crippen MR) is 66.2 cm³/mol. The van der Waals surface area contributed by atoms with Crippen LogP contribution in [0.4, 0.5) is 5.95 Å². The zero-order chi connectivity index (χ0) is 11.2. The molecule has 0 aliphatic heterocycles. The lowest BCUT2D eigenvalue weighted by atomic mass is 10.2. The van der Waals surface area contributed by atoms with Crippen molar-refractivity contribution in [2.45, 2.75) is 13.1 Å². The first-order valence-corrected chi connectivity index (χ1v) is 5.30. The van der Waals surface area contributed by atoms with Crippen molar-refractivity contribution in [2.24, 2.45) is 0 Å². The largest absolute Gasteiger partial charge is 0.352 e. The highest BCUT2D eigenvalue weighted by molar-refractivity contribution is 5.29. The van der Waals surface area contributed by atoms with E-state index in [1.807, 2.05) is 35.0 Å². The first kappa shape index (κ1) is 10.5. The average molecular weight is 213 g/mol. The molecule has 0 radical (unpaired) electrons. The maximum absolute atomic E-state index is 4.25. The molecule has 0 aliphatic carbocycles. The van der Waals surface area contributed by atoms with Crippen LogP contribution < -0.4 is 5.32 Å². The van der Waals surface area contributed by atoms with Gasteiger partial charge in [-0.15, -0.1) is 6.58 Å². The highest BCUT2D eigenvalue weighted by Crippen LogP contribution is 2.07. The molecule has 0 spiro atoms. The van der Waals surface area contributed by atoms with E-state index in [1.54, 1.807) is 6.20 Å². The van der Waals surface area contributed by atoms with Gasteiger partial charge in [0.15, 0.2) is 0 Å². The Balaban J connectivity index is 1.99. The van der Waals surface area contributed by atoms with Crippen molar-refractivity contribution in [3.05, 3.63) is 60.9 Å². The maximum atomic E-state index is 4.25. The summed E-state index contributed by atoms with van der Waals surface area (Å²) in [5.41, 5.74) is 1.25. The Bertz CT molecular complexity index is 445. The molecule has 1 heterocycles. The summed E-state index contributed by atoms with van der Waals surface area (Å²) in [6.07, 6.45) is 5.58. The molecule has 3 heteroatoms. The van der Waals surface area contributed by atoms with Crippen LogP contribution in [0, 0.1) is 0 Å². The van der Waals surface area contributed by atoms with Crippen LogP contribution in [0.15, 0.2) is 55.4 Å². The second kappa shape index (κ2) is 5.16. The van der Waals surface area contributed by atoms with Crippen molar-refractivity contribution in [1.82, 2.24) is 9.55 Å². The van der Waals surface area contributed by atoms with Gasteiger partial charge in [-0.3, -0.25) is 0 Å². The molecule has 0 amide bonds. The number of nitrogens with zero attached hydrogens (tertiary/aromatic N) is 2. The van der Waals surface area contributed by atoms with Gasteiger partial charge < -0.3 is 9.88 Å². The fourth-order valence-corrected chi connectivity index (χ4v) is 1.54. The lowest BCUT2D eigenvalue weighted by Crippen LogP contribution is -2.06. The van der Waals surface area contributed by atoms with Gasteiger partial charge in [-0.1, -0.05) is 36.4 Å². The molecule has 0 bridgehead atoms. The minimum atomic E-state index is 0.775. The number of imidazole rings is 1. The molecule has 1 aromatic carbocycles. The highest BCUT2D eigenvalue weighted by Gasteiger charge is 1.99. The average Bonchev–Trinajstić information content (AvgIpc) is 2.76. The number of hydrogen-bond donors (Lipinski definition) is 1. The molecule has 1 N–H and O–H groups in total. The summed E-state index contributed by atoms with van der Waals surface area (Å²) in [7, 11) is 0. The molecular weight excluding hydrogens is 198 g/mol. The lowest BCUT2D eigenvalue weighted by molar-refractivity contribution is 0.820. The standard InChI is InChI=1S/C13H15N3/c1-2-9-16-10-8-14-13(16)15-11-12-6-4-3-5-7-12/h2-8,10H,1,9,11H2,(H,14,15). The summed E-state index contributed by atoms with van der Waals surface area (Å²) < 4.78 is 2.02. The lowest BCUT2D eigenvalue weighted by Gasteiger charge is -2.07. The predicted octanol–water partition coefficient (Wildman–Crippen LogP) is 2.68. The van der Waals surface area contributed by atoms with Crippen LogP contribution in [0.5, 0.6) is 0 Å². The van der Waals surface area contributed by atoms with E-state index >= 15 is 0 Å². The minimum Gasteiger partial charge on any atom is -0.352 e. The Kier molecular flexibility index (Phi) is 3.38. The van der Waals surface area contributed by atoms with Gasteiger partial charge in [-0.25, -0.2) is 4.98 Å². The van der Waals surface area contributed by atoms with Crippen LogP contribution in [0.25, 0.3) is 0 Å². The van der Waals surface area contributed by atoms with E-state index in [2.05, 4.69) is 29.0 Å². The smallest absolute Gasteiger partial charge is 0.203 e. The third-order valence-electron chi connectivity index (χ3n) is 2.33. The zero-order valence-corrected chi connectivity index (χ0v) is 9.13. The molecule has 82 valence electrons. The van der Waals surface area contributed by atoms with Crippen molar-refractivity contribution < 1.29 is 0 Å². The van der Waals surface area contributed by atoms with E-state index in [1.165, 1.54) is 5.56 Å². The number of aromatic nitrogens is 2. The molecular formula is C13H15N3. The summed E-state index contributed by atoms with van der Waals surface area (Å²) in [5.74, 6) is 0.878. The van der Waals surface area contributed by atoms with E-state index in [9.17, 15) is 0 Å². The molecule has 0 fully saturated rings. The molecule has 3 nitrogen and oxygen atoms in total. The Hall–Kier alpha value is -2.03. The van der Waals surface area contributed by atoms with Crippen molar-refractivity contribution in [3.63, 3.8) is 0 Å². The fourth-order valence-electron chi connectivity index (χ4n) is 1.54. The number of rotatable bonds is 5. The molecule has 0 atom stereocenters. The highest BCUT2D eigenvalue weighted by atomic mass is 15.2. The van der Waals surface area contributed by atoms with Crippen molar-refractivity contribution >= 4 is 5.95 Å². The van der Waals surface area contributed by atoms with Gasteiger partial charge in [0, 0.05) is 25.5 Å². The minimum absolute atomic E-state index is 0.775. The van der Waals surface area contributed by atoms with Crippen LogP contribution in [0.1, 0.15) is 5.56 Å².